The summed E-state index contributed by atoms with van der Waals surface area (Å²) in [6.07, 6.45) is 0.973. The molecule has 0 aromatic heterocycles. The molecule has 3 N–H and O–H groups in total. The van der Waals surface area contributed by atoms with Gasteiger partial charge < -0.3 is 15.8 Å². The lowest BCUT2D eigenvalue weighted by atomic mass is 10.1. The molecule has 0 aliphatic rings. The molecule has 0 saturated carbocycles. The number of hydrogen-bond donors (Lipinski definition) is 2. The highest BCUT2D eigenvalue weighted by Gasteiger charge is 2.22. The smallest absolute Gasteiger partial charge is 0.332 e. The monoisotopic (exact) mass is 264 g/mol. The molecule has 5 heteroatoms. The predicted octanol–water partition coefficient (Wildman–Crippen LogP) is 0.756. The third kappa shape index (κ3) is 4.71. The summed E-state index contributed by atoms with van der Waals surface area (Å²) in [5.74, 6) is -1.24. The van der Waals surface area contributed by atoms with Gasteiger partial charge in [0.1, 0.15) is 0 Å². The molecule has 1 atom stereocenters. The quantitative estimate of drug-likeness (QED) is 0.587. The summed E-state index contributed by atoms with van der Waals surface area (Å²) in [5.41, 5.74) is 7.66. The lowest BCUT2D eigenvalue weighted by Crippen LogP contribution is -2.46. The maximum Gasteiger partial charge on any atom is 0.332 e. The highest BCUT2D eigenvalue weighted by molar-refractivity contribution is 6.01. The van der Waals surface area contributed by atoms with Crippen molar-refractivity contribution in [2.45, 2.75) is 32.9 Å². The van der Waals surface area contributed by atoms with E-state index in [9.17, 15) is 9.59 Å². The zero-order chi connectivity index (χ0) is 14.3. The van der Waals surface area contributed by atoms with Gasteiger partial charge in [0.05, 0.1) is 6.61 Å². The van der Waals surface area contributed by atoms with Gasteiger partial charge in [-0.3, -0.25) is 4.79 Å². The van der Waals surface area contributed by atoms with Gasteiger partial charge in [-0.05, 0) is 24.5 Å². The van der Waals surface area contributed by atoms with Crippen molar-refractivity contribution in [3.63, 3.8) is 0 Å². The molecule has 0 aliphatic heterocycles. The Morgan fingerprint density at radius 1 is 1.21 bits per heavy atom. The first-order valence-electron chi connectivity index (χ1n) is 6.36. The number of nitrogens with one attached hydrogen (secondary N) is 1. The van der Waals surface area contributed by atoms with Crippen molar-refractivity contribution in [1.29, 1.82) is 0 Å². The lowest BCUT2D eigenvalue weighted by molar-refractivity contribution is -0.148. The second-order valence-electron chi connectivity index (χ2n) is 4.12. The summed E-state index contributed by atoms with van der Waals surface area (Å²) in [5, 5.41) is 2.61. The molecule has 5 nitrogen and oxygen atoms in total. The van der Waals surface area contributed by atoms with Gasteiger partial charge in [-0.1, -0.05) is 31.2 Å². The summed E-state index contributed by atoms with van der Waals surface area (Å²) >= 11 is 0. The van der Waals surface area contributed by atoms with Crippen LogP contribution in [0.4, 0.5) is 0 Å². The molecule has 1 amide bonds. The predicted molar refractivity (Wildman–Crippen MR) is 72.3 cm³/mol. The van der Waals surface area contributed by atoms with Crippen LogP contribution in [-0.4, -0.2) is 24.5 Å². The molecular formula is C14H20N2O3. The molecule has 0 radical (unpaired) electrons. The van der Waals surface area contributed by atoms with Crippen LogP contribution in [0.5, 0.6) is 0 Å². The Balaban J connectivity index is 2.46. The molecule has 0 bridgehead atoms. The van der Waals surface area contributed by atoms with Crippen LogP contribution in [0, 0.1) is 0 Å². The van der Waals surface area contributed by atoms with Crippen LogP contribution in [0.15, 0.2) is 24.3 Å². The van der Waals surface area contributed by atoms with Crippen molar-refractivity contribution in [1.82, 2.24) is 5.32 Å². The van der Waals surface area contributed by atoms with Gasteiger partial charge in [0.15, 0.2) is 6.04 Å². The Hall–Kier alpha value is -1.88. The average molecular weight is 264 g/mol. The van der Waals surface area contributed by atoms with Crippen LogP contribution < -0.4 is 11.1 Å². The molecule has 19 heavy (non-hydrogen) atoms. The molecule has 1 aromatic rings. The van der Waals surface area contributed by atoms with Gasteiger partial charge in [0.2, 0.25) is 5.91 Å². The van der Waals surface area contributed by atoms with Gasteiger partial charge in [-0.15, -0.1) is 0 Å². The first-order chi connectivity index (χ1) is 9.08. The normalized spacial score (nSPS) is 11.7. The van der Waals surface area contributed by atoms with Gasteiger partial charge >= 0.3 is 5.97 Å². The number of ether oxygens (including phenoxy) is 1. The van der Waals surface area contributed by atoms with Crippen molar-refractivity contribution in [2.24, 2.45) is 5.73 Å². The Morgan fingerprint density at radius 2 is 1.79 bits per heavy atom. The fourth-order valence-corrected chi connectivity index (χ4v) is 1.53. The molecule has 0 aliphatic carbocycles. The fourth-order valence-electron chi connectivity index (χ4n) is 1.53. The van der Waals surface area contributed by atoms with E-state index < -0.39 is 17.9 Å². The number of carbonyl (C=O) groups is 2. The molecule has 0 saturated heterocycles. The number of rotatable bonds is 6. The molecule has 1 aromatic carbocycles. The van der Waals surface area contributed by atoms with Gasteiger partial charge in [0.25, 0.3) is 0 Å². The standard InChI is InChI=1S/C14H20N2O3/c1-3-10-5-7-11(8-6-10)9-16-13(17)12(15)14(18)19-4-2/h5-8,12H,3-4,9,15H2,1-2H3,(H,16,17). The third-order valence-electron chi connectivity index (χ3n) is 2.72. The lowest BCUT2D eigenvalue weighted by Gasteiger charge is -2.11. The first kappa shape index (κ1) is 15.2. The minimum Gasteiger partial charge on any atom is -0.464 e. The van der Waals surface area contributed by atoms with Gasteiger partial charge in [-0.25, -0.2) is 4.79 Å². The SMILES string of the molecule is CCOC(=O)C(N)C(=O)NCc1ccc(CC)cc1. The molecule has 0 fully saturated rings. The van der Waals surface area contributed by atoms with E-state index in [0.29, 0.717) is 6.54 Å². The van der Waals surface area contributed by atoms with Crippen molar-refractivity contribution in [2.75, 3.05) is 6.61 Å². The van der Waals surface area contributed by atoms with E-state index in [4.69, 9.17) is 5.73 Å². The number of nitrogens with two attached hydrogens (primary N) is 1. The highest BCUT2D eigenvalue weighted by atomic mass is 16.5. The maximum atomic E-state index is 11.6. The van der Waals surface area contributed by atoms with E-state index >= 15 is 0 Å². The van der Waals surface area contributed by atoms with E-state index in [1.54, 1.807) is 6.92 Å². The van der Waals surface area contributed by atoms with E-state index in [1.807, 2.05) is 24.3 Å². The number of carbonyl (C=O) groups excluding carboxylic acids is 2. The second kappa shape index (κ2) is 7.53. The summed E-state index contributed by atoms with van der Waals surface area (Å²) in [4.78, 5) is 22.9. The zero-order valence-electron chi connectivity index (χ0n) is 11.3. The van der Waals surface area contributed by atoms with Crippen LogP contribution >= 0.6 is 0 Å². The number of amides is 1. The van der Waals surface area contributed by atoms with E-state index in [0.717, 1.165) is 12.0 Å². The molecule has 104 valence electrons. The van der Waals surface area contributed by atoms with Crippen molar-refractivity contribution < 1.29 is 14.3 Å². The van der Waals surface area contributed by atoms with Gasteiger partial charge in [0, 0.05) is 6.54 Å². The van der Waals surface area contributed by atoms with Crippen LogP contribution in [0.2, 0.25) is 0 Å². The third-order valence-corrected chi connectivity index (χ3v) is 2.72. The van der Waals surface area contributed by atoms with Crippen LogP contribution in [0.25, 0.3) is 0 Å². The average Bonchev–Trinajstić information content (AvgIpc) is 2.44. The second-order valence-corrected chi connectivity index (χ2v) is 4.12. The van der Waals surface area contributed by atoms with Crippen LogP contribution in [0.3, 0.4) is 0 Å². The molecule has 0 heterocycles. The number of hydrogen-bond acceptors (Lipinski definition) is 4. The summed E-state index contributed by atoms with van der Waals surface area (Å²) in [6, 6.07) is 6.62. The Labute approximate surface area is 113 Å². The first-order valence-corrected chi connectivity index (χ1v) is 6.36. The van der Waals surface area contributed by atoms with Crippen LogP contribution in [-0.2, 0) is 27.3 Å². The minimum absolute atomic E-state index is 0.207. The Kier molecular flexibility index (Phi) is 6.02. The summed E-state index contributed by atoms with van der Waals surface area (Å²) in [7, 11) is 0. The minimum atomic E-state index is -1.27. The largest absolute Gasteiger partial charge is 0.464 e. The topological polar surface area (TPSA) is 81.4 Å². The molecule has 1 rings (SSSR count). The van der Waals surface area contributed by atoms with E-state index in [-0.39, 0.29) is 6.61 Å². The maximum absolute atomic E-state index is 11.6. The zero-order valence-corrected chi connectivity index (χ0v) is 11.3. The van der Waals surface area contributed by atoms with E-state index in [2.05, 4.69) is 17.0 Å². The van der Waals surface area contributed by atoms with Crippen molar-refractivity contribution in [3.05, 3.63) is 35.4 Å². The molecule has 1 unspecified atom stereocenters. The highest BCUT2D eigenvalue weighted by Crippen LogP contribution is 2.04. The van der Waals surface area contributed by atoms with Gasteiger partial charge in [-0.2, -0.15) is 0 Å². The number of aryl methyl sites for hydroxylation is 1. The Bertz CT molecular complexity index is 429. The number of esters is 1. The summed E-state index contributed by atoms with van der Waals surface area (Å²) < 4.78 is 4.68. The van der Waals surface area contributed by atoms with Crippen molar-refractivity contribution in [3.8, 4) is 0 Å². The molecule has 0 spiro atoms. The number of benzene rings is 1. The van der Waals surface area contributed by atoms with Crippen LogP contribution in [0.1, 0.15) is 25.0 Å². The summed E-state index contributed by atoms with van der Waals surface area (Å²) in [6.45, 7) is 4.29. The Morgan fingerprint density at radius 3 is 2.32 bits per heavy atom. The molecular weight excluding hydrogens is 244 g/mol. The van der Waals surface area contributed by atoms with E-state index in [1.165, 1.54) is 5.56 Å². The van der Waals surface area contributed by atoms with Crippen molar-refractivity contribution >= 4 is 11.9 Å². The fraction of sp³-hybridized carbons (Fsp3) is 0.429.